The fourth-order valence-electron chi connectivity index (χ4n) is 3.17. The number of aryl methyl sites for hydroxylation is 1. The number of allylic oxidation sites excluding steroid dienone is 2. The summed E-state index contributed by atoms with van der Waals surface area (Å²) in [5.41, 5.74) is 3.93. The average molecular weight is 350 g/mol. The van der Waals surface area contributed by atoms with E-state index in [2.05, 4.69) is 4.98 Å². The molecule has 0 fully saturated rings. The number of aromatic nitrogens is 1. The first-order valence-corrected chi connectivity index (χ1v) is 9.00. The van der Waals surface area contributed by atoms with Crippen LogP contribution < -0.4 is 5.14 Å². The maximum Gasteiger partial charge on any atom is 0.243 e. The van der Waals surface area contributed by atoms with E-state index in [4.69, 9.17) is 5.14 Å². The van der Waals surface area contributed by atoms with Crippen molar-refractivity contribution in [1.82, 2.24) is 4.98 Å². The van der Waals surface area contributed by atoms with Crippen LogP contribution in [-0.2, 0) is 10.0 Å². The molecule has 4 nitrogen and oxygen atoms in total. The Morgan fingerprint density at radius 2 is 1.75 bits per heavy atom. The van der Waals surface area contributed by atoms with Crippen molar-refractivity contribution in [1.29, 1.82) is 0 Å². The van der Waals surface area contributed by atoms with Crippen molar-refractivity contribution in [3.05, 3.63) is 58.9 Å². The third-order valence-corrected chi connectivity index (χ3v) is 5.14. The molecule has 2 aromatic rings. The van der Waals surface area contributed by atoms with Gasteiger partial charge >= 0.3 is 0 Å². The first-order chi connectivity index (χ1) is 11.3. The lowest BCUT2D eigenvalue weighted by Gasteiger charge is -2.12. The van der Waals surface area contributed by atoms with Crippen LogP contribution in [0.1, 0.15) is 36.1 Å². The largest absolute Gasteiger partial charge is 0.261 e. The zero-order valence-corrected chi connectivity index (χ0v) is 13.8. The average Bonchev–Trinajstić information content (AvgIpc) is 2.94. The van der Waals surface area contributed by atoms with Gasteiger partial charge in [0.25, 0.3) is 0 Å². The van der Waals surface area contributed by atoms with Crippen LogP contribution >= 0.6 is 0 Å². The number of hydrogen-bond donors (Lipinski definition) is 1. The number of nitrogens with two attached hydrogens (primary N) is 1. The Balaban J connectivity index is 2.18. The first kappa shape index (κ1) is 16.7. The van der Waals surface area contributed by atoms with Gasteiger partial charge in [0.05, 0.1) is 0 Å². The summed E-state index contributed by atoms with van der Waals surface area (Å²) in [5.74, 6) is -2.34. The van der Waals surface area contributed by atoms with E-state index in [1.165, 1.54) is 0 Å². The molecule has 3 rings (SSSR count). The van der Waals surface area contributed by atoms with E-state index in [-0.39, 0.29) is 0 Å². The van der Waals surface area contributed by atoms with Crippen LogP contribution in [0.15, 0.2) is 35.4 Å². The number of rotatable bonds is 3. The minimum Gasteiger partial charge on any atom is -0.261 e. The highest BCUT2D eigenvalue weighted by Crippen LogP contribution is 2.41. The highest BCUT2D eigenvalue weighted by Gasteiger charge is 2.25. The van der Waals surface area contributed by atoms with Crippen LogP contribution in [0.2, 0.25) is 0 Å². The molecule has 0 unspecified atom stereocenters. The molecule has 0 atom stereocenters. The summed E-state index contributed by atoms with van der Waals surface area (Å²) in [5, 5.41) is 4.87. The van der Waals surface area contributed by atoms with Crippen LogP contribution in [0.25, 0.3) is 11.1 Å². The molecule has 126 valence electrons. The Morgan fingerprint density at radius 1 is 1.12 bits per heavy atom. The van der Waals surface area contributed by atoms with Crippen molar-refractivity contribution in [2.24, 2.45) is 5.14 Å². The number of primary sulfonamides is 1. The summed E-state index contributed by atoms with van der Waals surface area (Å²) in [6.45, 7) is 1.88. The van der Waals surface area contributed by atoms with Crippen LogP contribution in [0.5, 0.6) is 0 Å². The van der Waals surface area contributed by atoms with Gasteiger partial charge in [-0.15, -0.1) is 0 Å². The Kier molecular flexibility index (Phi) is 4.23. The third-order valence-electron chi connectivity index (χ3n) is 4.18. The number of benzene rings is 1. The first-order valence-electron chi connectivity index (χ1n) is 7.45. The van der Waals surface area contributed by atoms with E-state index < -0.39 is 26.6 Å². The van der Waals surface area contributed by atoms with Crippen LogP contribution in [0, 0.1) is 18.6 Å². The Bertz CT molecular complexity index is 930. The van der Waals surface area contributed by atoms with Gasteiger partial charge in [-0.25, -0.2) is 22.3 Å². The van der Waals surface area contributed by atoms with Crippen LogP contribution in [0.3, 0.4) is 0 Å². The Morgan fingerprint density at radius 3 is 2.33 bits per heavy atom. The molecular weight excluding hydrogens is 334 g/mol. The monoisotopic (exact) mass is 350 g/mol. The van der Waals surface area contributed by atoms with E-state index in [1.54, 1.807) is 6.20 Å². The summed E-state index contributed by atoms with van der Waals surface area (Å²) in [4.78, 5) is 3.16. The fourth-order valence-corrected chi connectivity index (χ4v) is 3.83. The highest BCUT2D eigenvalue weighted by atomic mass is 32.2. The summed E-state index contributed by atoms with van der Waals surface area (Å²) in [6, 6.07) is 5.81. The lowest BCUT2D eigenvalue weighted by Crippen LogP contribution is -2.16. The maximum atomic E-state index is 14.1. The predicted molar refractivity (Wildman–Crippen MR) is 87.4 cm³/mol. The van der Waals surface area contributed by atoms with Gasteiger partial charge in [0, 0.05) is 11.9 Å². The predicted octanol–water partition coefficient (Wildman–Crippen LogP) is 3.41. The molecule has 0 bridgehead atoms. The molecule has 1 aliphatic rings. The molecule has 24 heavy (non-hydrogen) atoms. The van der Waals surface area contributed by atoms with Gasteiger partial charge in [0.1, 0.15) is 11.6 Å². The second-order valence-corrected chi connectivity index (χ2v) is 7.26. The van der Waals surface area contributed by atoms with Crippen molar-refractivity contribution >= 4 is 21.2 Å². The molecule has 0 radical (unpaired) electrons. The molecule has 1 heterocycles. The smallest absolute Gasteiger partial charge is 0.243 e. The second-order valence-electron chi connectivity index (χ2n) is 5.76. The summed E-state index contributed by atoms with van der Waals surface area (Å²) in [7, 11) is -4.45. The minimum atomic E-state index is -4.45. The Labute approximate surface area is 139 Å². The summed E-state index contributed by atoms with van der Waals surface area (Å²) >= 11 is 0. The standard InChI is InChI=1S/C17H16F2N2O2S/c1-10-12(6-3-7-21-10)14-5-2-4-13(14)11-8-15(18)17(16(19)9-11)24(20,22)23/h3,6-9H,2,4-5H2,1H3,(H2,20,22,23). The zero-order valence-electron chi connectivity index (χ0n) is 13.0. The van der Waals surface area contributed by atoms with Gasteiger partial charge in [-0.05, 0) is 66.7 Å². The van der Waals surface area contributed by atoms with E-state index in [1.807, 2.05) is 19.1 Å². The Hall–Kier alpha value is -2.12. The van der Waals surface area contributed by atoms with Crippen molar-refractivity contribution in [2.75, 3.05) is 0 Å². The molecule has 0 saturated carbocycles. The van der Waals surface area contributed by atoms with E-state index in [0.717, 1.165) is 47.4 Å². The van der Waals surface area contributed by atoms with Gasteiger partial charge in [-0.2, -0.15) is 0 Å². The number of halogens is 2. The molecule has 1 aromatic carbocycles. The zero-order chi connectivity index (χ0) is 17.5. The molecule has 0 aliphatic heterocycles. The summed E-state index contributed by atoms with van der Waals surface area (Å²) < 4.78 is 50.9. The molecule has 7 heteroatoms. The normalized spacial score (nSPS) is 15.2. The molecule has 2 N–H and O–H groups in total. The van der Waals surface area contributed by atoms with Crippen LogP contribution in [-0.4, -0.2) is 13.4 Å². The van der Waals surface area contributed by atoms with Crippen LogP contribution in [0.4, 0.5) is 8.78 Å². The fraction of sp³-hybridized carbons (Fsp3) is 0.235. The topological polar surface area (TPSA) is 73.0 Å². The summed E-state index contributed by atoms with van der Waals surface area (Å²) in [6.07, 6.45) is 3.99. The number of nitrogens with zero attached hydrogens (tertiary/aromatic N) is 1. The molecule has 0 saturated heterocycles. The van der Waals surface area contributed by atoms with Gasteiger partial charge in [0.15, 0.2) is 4.90 Å². The van der Waals surface area contributed by atoms with Gasteiger partial charge in [0.2, 0.25) is 10.0 Å². The van der Waals surface area contributed by atoms with E-state index >= 15 is 0 Å². The van der Waals surface area contributed by atoms with Gasteiger partial charge in [-0.1, -0.05) is 6.07 Å². The number of hydrogen-bond acceptors (Lipinski definition) is 3. The molecule has 0 spiro atoms. The molecule has 1 aliphatic carbocycles. The van der Waals surface area contributed by atoms with E-state index in [9.17, 15) is 17.2 Å². The van der Waals surface area contributed by atoms with E-state index in [0.29, 0.717) is 12.0 Å². The number of sulfonamides is 1. The van der Waals surface area contributed by atoms with Gasteiger partial charge < -0.3 is 0 Å². The number of pyridine rings is 1. The SMILES string of the molecule is Cc1ncccc1C1=C(c2cc(F)c(S(N)(=O)=O)c(F)c2)CCC1. The lowest BCUT2D eigenvalue weighted by atomic mass is 9.96. The van der Waals surface area contributed by atoms with Crippen molar-refractivity contribution in [3.8, 4) is 0 Å². The van der Waals surface area contributed by atoms with Crippen molar-refractivity contribution < 1.29 is 17.2 Å². The van der Waals surface area contributed by atoms with Gasteiger partial charge in [-0.3, -0.25) is 4.98 Å². The molecule has 0 amide bonds. The quantitative estimate of drug-likeness (QED) is 0.922. The molecule has 1 aromatic heterocycles. The second kappa shape index (κ2) is 6.07. The lowest BCUT2D eigenvalue weighted by molar-refractivity contribution is 0.519. The highest BCUT2D eigenvalue weighted by molar-refractivity contribution is 7.89. The maximum absolute atomic E-state index is 14.1. The molecular formula is C17H16F2N2O2S. The van der Waals surface area contributed by atoms with Crippen molar-refractivity contribution in [3.63, 3.8) is 0 Å². The van der Waals surface area contributed by atoms with Crippen molar-refractivity contribution in [2.45, 2.75) is 31.1 Å². The third kappa shape index (κ3) is 2.97. The minimum absolute atomic E-state index is 0.341.